The third-order valence-corrected chi connectivity index (χ3v) is 4.06. The van der Waals surface area contributed by atoms with Crippen LogP contribution in [0.25, 0.3) is 0 Å². The zero-order valence-electron chi connectivity index (χ0n) is 9.48. The highest BCUT2D eigenvalue weighted by Gasteiger charge is 2.19. The molecule has 0 amide bonds. The molecule has 1 aromatic carbocycles. The monoisotopic (exact) mass is 262 g/mol. The Morgan fingerprint density at radius 2 is 1.62 bits per heavy atom. The van der Waals surface area contributed by atoms with Crippen molar-refractivity contribution in [2.24, 2.45) is 0 Å². The maximum atomic E-state index is 11.1. The molecule has 0 heterocycles. The van der Waals surface area contributed by atoms with E-state index in [9.17, 15) is 8.42 Å². The molecule has 5 heteroatoms. The van der Waals surface area contributed by atoms with Gasteiger partial charge in [0.15, 0.2) is 0 Å². The van der Waals surface area contributed by atoms with Gasteiger partial charge in [-0.25, -0.2) is 8.42 Å². The van der Waals surface area contributed by atoms with Gasteiger partial charge in [-0.05, 0) is 38.5 Å². The topological polar surface area (TPSA) is 43.4 Å². The summed E-state index contributed by atoms with van der Waals surface area (Å²) in [5, 5.41) is -0.706. The average molecular weight is 263 g/mol. The Morgan fingerprint density at radius 3 is 2.00 bits per heavy atom. The van der Waals surface area contributed by atoms with Crippen LogP contribution in [0.5, 0.6) is 5.75 Å². The molecule has 0 fully saturated rings. The summed E-state index contributed by atoms with van der Waals surface area (Å²) in [6.45, 7) is 5.42. The normalized spacial score (nSPS) is 13.8. The van der Waals surface area contributed by atoms with E-state index < -0.39 is 14.3 Å². The lowest BCUT2D eigenvalue weighted by Gasteiger charge is -2.12. The number of hydrogen-bond donors (Lipinski definition) is 0. The van der Waals surface area contributed by atoms with Crippen LogP contribution in [0, 0.1) is 0 Å². The Kier molecular flexibility index (Phi) is 4.21. The molecule has 0 spiro atoms. The molecule has 1 rings (SSSR count). The zero-order valence-corrected chi connectivity index (χ0v) is 11.0. The van der Waals surface area contributed by atoms with E-state index in [1.807, 2.05) is 13.8 Å². The van der Waals surface area contributed by atoms with E-state index in [2.05, 4.69) is 0 Å². The van der Waals surface area contributed by atoms with Crippen molar-refractivity contribution in [3.05, 3.63) is 29.8 Å². The third-order valence-electron chi connectivity index (χ3n) is 2.14. The van der Waals surface area contributed by atoms with E-state index in [-0.39, 0.29) is 6.10 Å². The minimum atomic E-state index is -3.56. The molecule has 0 aliphatic heterocycles. The highest BCUT2D eigenvalue weighted by Crippen LogP contribution is 2.26. The number of ether oxygens (including phenoxy) is 1. The van der Waals surface area contributed by atoms with Gasteiger partial charge in [-0.3, -0.25) is 0 Å². The van der Waals surface area contributed by atoms with Gasteiger partial charge < -0.3 is 4.74 Å². The van der Waals surface area contributed by atoms with E-state index >= 15 is 0 Å². The first-order chi connectivity index (χ1) is 7.30. The molecular formula is C11H15ClO3S. The van der Waals surface area contributed by atoms with Crippen LogP contribution in [-0.2, 0) is 9.05 Å². The predicted molar refractivity (Wildman–Crippen MR) is 65.4 cm³/mol. The van der Waals surface area contributed by atoms with Gasteiger partial charge in [0.2, 0.25) is 9.05 Å². The van der Waals surface area contributed by atoms with Crippen LogP contribution >= 0.6 is 10.7 Å². The Labute approximate surface area is 101 Å². The number of rotatable bonds is 4. The molecule has 0 aliphatic carbocycles. The molecular weight excluding hydrogens is 248 g/mol. The van der Waals surface area contributed by atoms with Crippen LogP contribution in [0.15, 0.2) is 24.3 Å². The van der Waals surface area contributed by atoms with Crippen molar-refractivity contribution < 1.29 is 13.2 Å². The first kappa shape index (κ1) is 13.3. The van der Waals surface area contributed by atoms with E-state index in [1.54, 1.807) is 31.2 Å². The van der Waals surface area contributed by atoms with Gasteiger partial charge >= 0.3 is 0 Å². The molecule has 0 radical (unpaired) electrons. The summed E-state index contributed by atoms with van der Waals surface area (Å²) in [4.78, 5) is 0. The fourth-order valence-electron chi connectivity index (χ4n) is 1.25. The fourth-order valence-corrected chi connectivity index (χ4v) is 2.04. The van der Waals surface area contributed by atoms with E-state index in [0.717, 1.165) is 5.75 Å². The van der Waals surface area contributed by atoms with Crippen LogP contribution in [-0.4, -0.2) is 14.5 Å². The Balaban J connectivity index is 2.87. The van der Waals surface area contributed by atoms with Crippen LogP contribution in [0.2, 0.25) is 0 Å². The van der Waals surface area contributed by atoms with Crippen LogP contribution in [0.4, 0.5) is 0 Å². The van der Waals surface area contributed by atoms with Crippen molar-refractivity contribution in [1.82, 2.24) is 0 Å². The van der Waals surface area contributed by atoms with Gasteiger partial charge in [0.25, 0.3) is 0 Å². The lowest BCUT2D eigenvalue weighted by molar-refractivity contribution is 0.242. The number of halogens is 1. The zero-order chi connectivity index (χ0) is 12.3. The lowest BCUT2D eigenvalue weighted by Crippen LogP contribution is -2.06. The van der Waals surface area contributed by atoms with Gasteiger partial charge in [0.05, 0.1) is 11.4 Å². The molecule has 0 aromatic heterocycles. The molecule has 1 aromatic rings. The second-order valence-corrected chi connectivity index (χ2v) is 6.80. The fraction of sp³-hybridized carbons (Fsp3) is 0.455. The summed E-state index contributed by atoms with van der Waals surface area (Å²) < 4.78 is 27.7. The van der Waals surface area contributed by atoms with Gasteiger partial charge in [-0.2, -0.15) is 0 Å². The van der Waals surface area contributed by atoms with E-state index in [1.165, 1.54) is 0 Å². The predicted octanol–water partition coefficient (Wildman–Crippen LogP) is 3.10. The number of benzene rings is 1. The van der Waals surface area contributed by atoms with Crippen LogP contribution in [0.3, 0.4) is 0 Å². The average Bonchev–Trinajstić information content (AvgIpc) is 2.15. The highest BCUT2D eigenvalue weighted by molar-refractivity contribution is 8.13. The van der Waals surface area contributed by atoms with Crippen LogP contribution in [0.1, 0.15) is 31.6 Å². The Morgan fingerprint density at radius 1 is 1.12 bits per heavy atom. The number of hydrogen-bond acceptors (Lipinski definition) is 3. The second-order valence-electron chi connectivity index (χ2n) is 3.85. The lowest BCUT2D eigenvalue weighted by atomic mass is 10.1. The van der Waals surface area contributed by atoms with Crippen molar-refractivity contribution in [2.75, 3.05) is 0 Å². The molecule has 90 valence electrons. The smallest absolute Gasteiger partial charge is 0.239 e. The molecule has 1 atom stereocenters. The molecule has 0 N–H and O–H groups in total. The molecule has 0 aliphatic rings. The summed E-state index contributed by atoms with van der Waals surface area (Å²) >= 11 is 0. The maximum Gasteiger partial charge on any atom is 0.239 e. The standard InChI is InChI=1S/C11H15ClO3S/c1-8(2)15-11-6-4-10(5-7-11)9(3)16(12,13)14/h4-9H,1-3H3. The maximum absolute atomic E-state index is 11.1. The first-order valence-electron chi connectivity index (χ1n) is 5.01. The van der Waals surface area contributed by atoms with Crippen molar-refractivity contribution in [2.45, 2.75) is 32.1 Å². The van der Waals surface area contributed by atoms with Crippen LogP contribution < -0.4 is 4.74 Å². The Bertz CT molecular complexity index is 437. The summed E-state index contributed by atoms with van der Waals surface area (Å²) in [6, 6.07) is 6.91. The van der Waals surface area contributed by atoms with Crippen molar-refractivity contribution in [1.29, 1.82) is 0 Å². The molecule has 1 unspecified atom stereocenters. The molecule has 0 saturated heterocycles. The van der Waals surface area contributed by atoms with E-state index in [4.69, 9.17) is 15.4 Å². The summed E-state index contributed by atoms with van der Waals surface area (Å²) in [5.41, 5.74) is 0.658. The summed E-state index contributed by atoms with van der Waals surface area (Å²) in [6.07, 6.45) is 0.0973. The minimum absolute atomic E-state index is 0.0973. The van der Waals surface area contributed by atoms with Gasteiger partial charge in [0.1, 0.15) is 5.75 Å². The molecule has 3 nitrogen and oxygen atoms in total. The second kappa shape index (κ2) is 5.06. The molecule has 0 bridgehead atoms. The van der Waals surface area contributed by atoms with Crippen molar-refractivity contribution >= 4 is 19.7 Å². The van der Waals surface area contributed by atoms with E-state index in [0.29, 0.717) is 5.56 Å². The van der Waals surface area contributed by atoms with Crippen molar-refractivity contribution in [3.63, 3.8) is 0 Å². The Hall–Kier alpha value is -0.740. The summed E-state index contributed by atoms with van der Waals surface area (Å²) in [7, 11) is 1.72. The van der Waals surface area contributed by atoms with Crippen molar-refractivity contribution in [3.8, 4) is 5.75 Å². The third kappa shape index (κ3) is 3.68. The quantitative estimate of drug-likeness (QED) is 0.783. The first-order valence-corrected chi connectivity index (χ1v) is 7.38. The molecule has 0 saturated carbocycles. The SMILES string of the molecule is CC(C)Oc1ccc(C(C)S(=O)(=O)Cl)cc1. The molecule has 16 heavy (non-hydrogen) atoms. The largest absolute Gasteiger partial charge is 0.491 e. The van der Waals surface area contributed by atoms with Gasteiger partial charge in [0, 0.05) is 10.7 Å². The minimum Gasteiger partial charge on any atom is -0.491 e. The summed E-state index contributed by atoms with van der Waals surface area (Å²) in [5.74, 6) is 0.720. The van der Waals surface area contributed by atoms with Gasteiger partial charge in [-0.15, -0.1) is 0 Å². The highest BCUT2D eigenvalue weighted by atomic mass is 35.7. The van der Waals surface area contributed by atoms with Gasteiger partial charge in [-0.1, -0.05) is 12.1 Å².